The van der Waals surface area contributed by atoms with Crippen molar-refractivity contribution in [2.45, 2.75) is 19.4 Å². The fourth-order valence-electron chi connectivity index (χ4n) is 3.28. The number of hydrogen-bond acceptors (Lipinski definition) is 3. The molecule has 0 atom stereocenters. The fraction of sp³-hybridized carbons (Fsp3) is 0.300. The van der Waals surface area contributed by atoms with Crippen LogP contribution in [0.5, 0.6) is 0 Å². The first-order chi connectivity index (χ1) is 12.3. The molecule has 4 nitrogen and oxygen atoms in total. The van der Waals surface area contributed by atoms with Crippen LogP contribution in [0.25, 0.3) is 22.5 Å². The number of aromatic nitrogens is 3. The minimum absolute atomic E-state index is 0.728. The molecule has 0 radical (unpaired) electrons. The summed E-state index contributed by atoms with van der Waals surface area (Å²) >= 11 is 6.04. The molecular weight excluding hydrogens is 332 g/mol. The van der Waals surface area contributed by atoms with Gasteiger partial charge in [0.15, 0.2) is 0 Å². The molecule has 1 aliphatic rings. The molecule has 3 aromatic rings. The fourth-order valence-corrected chi connectivity index (χ4v) is 3.40. The molecule has 1 fully saturated rings. The lowest BCUT2D eigenvalue weighted by atomic mass is 10.1. The summed E-state index contributed by atoms with van der Waals surface area (Å²) in [7, 11) is 0. The van der Waals surface area contributed by atoms with Crippen LogP contribution in [-0.2, 0) is 6.54 Å². The van der Waals surface area contributed by atoms with Crippen molar-refractivity contribution >= 4 is 11.6 Å². The van der Waals surface area contributed by atoms with Crippen molar-refractivity contribution in [3.63, 3.8) is 0 Å². The van der Waals surface area contributed by atoms with Gasteiger partial charge in [-0.2, -0.15) is 15.0 Å². The van der Waals surface area contributed by atoms with Gasteiger partial charge in [-0.3, -0.25) is 0 Å². The zero-order valence-corrected chi connectivity index (χ0v) is 14.9. The highest BCUT2D eigenvalue weighted by Gasteiger charge is 2.16. The van der Waals surface area contributed by atoms with Gasteiger partial charge in [-0.1, -0.05) is 54.1 Å². The summed E-state index contributed by atoms with van der Waals surface area (Å²) in [5, 5.41) is 10.3. The molecule has 2 heterocycles. The Bertz CT molecular complexity index is 821. The summed E-state index contributed by atoms with van der Waals surface area (Å²) in [6.07, 6.45) is 2.61. The lowest BCUT2D eigenvalue weighted by Gasteiger charge is -2.13. The van der Waals surface area contributed by atoms with E-state index in [0.29, 0.717) is 0 Å². The largest absolute Gasteiger partial charge is 0.301 e. The predicted molar refractivity (Wildman–Crippen MR) is 102 cm³/mol. The van der Waals surface area contributed by atoms with E-state index in [0.717, 1.165) is 40.6 Å². The Balaban J connectivity index is 1.66. The van der Waals surface area contributed by atoms with Gasteiger partial charge in [0.2, 0.25) is 0 Å². The van der Waals surface area contributed by atoms with Gasteiger partial charge in [-0.25, -0.2) is 0 Å². The van der Waals surface area contributed by atoms with Crippen molar-refractivity contribution in [3.05, 3.63) is 59.6 Å². The first-order valence-corrected chi connectivity index (χ1v) is 9.16. The Hall–Kier alpha value is -2.17. The maximum Gasteiger partial charge on any atom is 0.121 e. The van der Waals surface area contributed by atoms with E-state index in [-0.39, 0.29) is 0 Å². The average molecular weight is 353 g/mol. The predicted octanol–water partition coefficient (Wildman–Crippen LogP) is 4.36. The summed E-state index contributed by atoms with van der Waals surface area (Å²) in [6, 6.07) is 18.0. The number of rotatable bonds is 5. The smallest absolute Gasteiger partial charge is 0.121 e. The topological polar surface area (TPSA) is 34.0 Å². The van der Waals surface area contributed by atoms with E-state index in [2.05, 4.69) is 17.0 Å². The number of benzene rings is 2. The molecule has 0 saturated carbocycles. The van der Waals surface area contributed by atoms with Crippen LogP contribution in [0.4, 0.5) is 0 Å². The normalized spacial score (nSPS) is 14.9. The molecule has 0 bridgehead atoms. The van der Waals surface area contributed by atoms with E-state index in [1.807, 2.05) is 47.3 Å². The first-order valence-electron chi connectivity index (χ1n) is 8.78. The number of halogens is 1. The minimum atomic E-state index is 0.728. The maximum atomic E-state index is 6.04. The summed E-state index contributed by atoms with van der Waals surface area (Å²) in [4.78, 5) is 4.32. The van der Waals surface area contributed by atoms with Gasteiger partial charge in [0, 0.05) is 22.7 Å². The molecule has 128 valence electrons. The first kappa shape index (κ1) is 16.3. The third kappa shape index (κ3) is 3.75. The van der Waals surface area contributed by atoms with Crippen LogP contribution >= 0.6 is 11.6 Å². The van der Waals surface area contributed by atoms with Gasteiger partial charge in [0.05, 0.1) is 6.54 Å². The molecule has 0 N–H and O–H groups in total. The van der Waals surface area contributed by atoms with E-state index in [9.17, 15) is 0 Å². The van der Waals surface area contributed by atoms with E-state index >= 15 is 0 Å². The molecule has 1 aliphatic heterocycles. The van der Waals surface area contributed by atoms with Crippen molar-refractivity contribution in [3.8, 4) is 22.5 Å². The van der Waals surface area contributed by atoms with Crippen molar-refractivity contribution in [2.75, 3.05) is 19.6 Å². The molecule has 1 saturated heterocycles. The highest BCUT2D eigenvalue weighted by Crippen LogP contribution is 2.29. The van der Waals surface area contributed by atoms with Crippen molar-refractivity contribution in [1.29, 1.82) is 0 Å². The molecule has 0 amide bonds. The molecular formula is C20H21ClN4. The van der Waals surface area contributed by atoms with Gasteiger partial charge < -0.3 is 4.90 Å². The second-order valence-electron chi connectivity index (χ2n) is 6.41. The molecule has 4 rings (SSSR count). The average Bonchev–Trinajstić information content (AvgIpc) is 3.31. The van der Waals surface area contributed by atoms with Gasteiger partial charge in [-0.15, -0.1) is 0 Å². The Morgan fingerprint density at radius 3 is 2.00 bits per heavy atom. The molecule has 25 heavy (non-hydrogen) atoms. The minimum Gasteiger partial charge on any atom is -0.301 e. The molecule has 0 aliphatic carbocycles. The van der Waals surface area contributed by atoms with Crippen LogP contribution in [0.15, 0.2) is 54.6 Å². The Labute approximate surface area is 153 Å². The molecule has 5 heteroatoms. The Morgan fingerprint density at radius 1 is 0.760 bits per heavy atom. The zero-order valence-electron chi connectivity index (χ0n) is 14.1. The van der Waals surface area contributed by atoms with E-state index in [1.165, 1.54) is 25.9 Å². The lowest BCUT2D eigenvalue weighted by molar-refractivity contribution is 0.306. The summed E-state index contributed by atoms with van der Waals surface area (Å²) in [5.41, 5.74) is 3.95. The number of likely N-dealkylation sites (tertiary alicyclic amines) is 1. The SMILES string of the molecule is Clc1ccc(-c2nn(CCN3CCCC3)nc2-c2ccccc2)cc1. The van der Waals surface area contributed by atoms with Crippen molar-refractivity contribution in [2.24, 2.45) is 0 Å². The van der Waals surface area contributed by atoms with Crippen LogP contribution in [0.3, 0.4) is 0 Å². The lowest BCUT2D eigenvalue weighted by Crippen LogP contribution is -2.24. The number of nitrogens with zero attached hydrogens (tertiary/aromatic N) is 4. The summed E-state index contributed by atoms with van der Waals surface area (Å²) in [6.45, 7) is 4.20. The number of hydrogen-bond donors (Lipinski definition) is 0. The van der Waals surface area contributed by atoms with Crippen LogP contribution in [0.1, 0.15) is 12.8 Å². The molecule has 1 aromatic heterocycles. The van der Waals surface area contributed by atoms with Crippen molar-refractivity contribution in [1.82, 2.24) is 19.9 Å². The third-order valence-corrected chi connectivity index (χ3v) is 4.89. The van der Waals surface area contributed by atoms with Crippen LogP contribution in [-0.4, -0.2) is 39.5 Å². The van der Waals surface area contributed by atoms with Gasteiger partial charge in [-0.05, 0) is 38.1 Å². The Morgan fingerprint density at radius 2 is 1.36 bits per heavy atom. The zero-order chi connectivity index (χ0) is 17.1. The summed E-state index contributed by atoms with van der Waals surface area (Å²) in [5.74, 6) is 0. The Kier molecular flexibility index (Phi) is 4.81. The van der Waals surface area contributed by atoms with Crippen molar-refractivity contribution < 1.29 is 0 Å². The highest BCUT2D eigenvalue weighted by atomic mass is 35.5. The quantitative estimate of drug-likeness (QED) is 0.684. The van der Waals surface area contributed by atoms with Gasteiger partial charge in [0.25, 0.3) is 0 Å². The van der Waals surface area contributed by atoms with Gasteiger partial charge >= 0.3 is 0 Å². The summed E-state index contributed by atoms with van der Waals surface area (Å²) < 4.78 is 0. The second-order valence-corrected chi connectivity index (χ2v) is 6.85. The van der Waals surface area contributed by atoms with Crippen LogP contribution in [0.2, 0.25) is 5.02 Å². The maximum absolute atomic E-state index is 6.04. The van der Waals surface area contributed by atoms with Crippen LogP contribution < -0.4 is 0 Å². The van der Waals surface area contributed by atoms with Crippen LogP contribution in [0, 0.1) is 0 Å². The molecule has 2 aromatic carbocycles. The highest BCUT2D eigenvalue weighted by molar-refractivity contribution is 6.30. The third-order valence-electron chi connectivity index (χ3n) is 4.63. The second kappa shape index (κ2) is 7.38. The monoisotopic (exact) mass is 352 g/mol. The van der Waals surface area contributed by atoms with E-state index in [4.69, 9.17) is 21.8 Å². The molecule has 0 unspecified atom stereocenters. The standard InChI is InChI=1S/C20H21ClN4/c21-18-10-8-17(9-11-18)20-19(16-6-2-1-3-7-16)22-25(23-20)15-14-24-12-4-5-13-24/h1-3,6-11H,4-5,12-15H2. The van der Waals surface area contributed by atoms with E-state index < -0.39 is 0 Å². The van der Waals surface area contributed by atoms with E-state index in [1.54, 1.807) is 0 Å². The molecule has 0 spiro atoms. The van der Waals surface area contributed by atoms with Gasteiger partial charge in [0.1, 0.15) is 11.4 Å².